The highest BCUT2D eigenvalue weighted by Crippen LogP contribution is 2.33. The summed E-state index contributed by atoms with van der Waals surface area (Å²) in [5, 5.41) is 3.20. The monoisotopic (exact) mass is 669 g/mol. The number of carbonyl (C=O) groups is 2. The Kier molecular flexibility index (Phi) is 11.4. The molecule has 10 heteroatoms. The predicted octanol–water partition coefficient (Wildman–Crippen LogP) is 5.91. The Morgan fingerprint density at radius 1 is 0.833 bits per heavy atom. The molecule has 1 aliphatic rings. The number of carbonyl (C=O) groups excluding carboxylic acids is 2. The average Bonchev–Trinajstić information content (AvgIpc) is 3.62. The summed E-state index contributed by atoms with van der Waals surface area (Å²) in [5.74, 6) is 0.0850. The van der Waals surface area contributed by atoms with Crippen molar-refractivity contribution in [2.75, 3.05) is 25.1 Å². The molecule has 1 N–H and O–H groups in total. The lowest BCUT2D eigenvalue weighted by molar-refractivity contribution is -0.140. The lowest BCUT2D eigenvalue weighted by atomic mass is 10.0. The van der Waals surface area contributed by atoms with Crippen molar-refractivity contribution in [1.82, 2.24) is 10.2 Å². The first-order valence-electron chi connectivity index (χ1n) is 16.2. The molecule has 4 aromatic rings. The van der Waals surface area contributed by atoms with Gasteiger partial charge in [-0.05, 0) is 67.3 Å². The summed E-state index contributed by atoms with van der Waals surface area (Å²) < 4.78 is 40.8. The number of hydrogen-bond acceptors (Lipinski definition) is 6. The molecule has 4 aromatic carbocycles. The van der Waals surface area contributed by atoms with Gasteiger partial charge >= 0.3 is 0 Å². The smallest absolute Gasteiger partial charge is 0.264 e. The molecule has 1 saturated carbocycles. The Morgan fingerprint density at radius 2 is 1.50 bits per heavy atom. The molecule has 0 unspecified atom stereocenters. The van der Waals surface area contributed by atoms with Crippen LogP contribution in [0.4, 0.5) is 5.69 Å². The fourth-order valence-corrected chi connectivity index (χ4v) is 7.50. The Balaban J connectivity index is 1.59. The van der Waals surface area contributed by atoms with Gasteiger partial charge in [-0.2, -0.15) is 0 Å². The van der Waals surface area contributed by atoms with E-state index in [1.54, 1.807) is 43.5 Å². The second-order valence-electron chi connectivity index (χ2n) is 12.1. The van der Waals surface area contributed by atoms with Gasteiger partial charge in [-0.15, -0.1) is 0 Å². The van der Waals surface area contributed by atoms with Gasteiger partial charge in [0.2, 0.25) is 11.8 Å². The van der Waals surface area contributed by atoms with Crippen LogP contribution in [0.15, 0.2) is 108 Å². The van der Waals surface area contributed by atoms with Gasteiger partial charge in [0.05, 0.1) is 24.8 Å². The van der Waals surface area contributed by atoms with E-state index in [0.29, 0.717) is 11.5 Å². The van der Waals surface area contributed by atoms with Gasteiger partial charge < -0.3 is 19.7 Å². The van der Waals surface area contributed by atoms with Gasteiger partial charge in [0.25, 0.3) is 10.0 Å². The quantitative estimate of drug-likeness (QED) is 0.179. The maximum absolute atomic E-state index is 14.8. The third kappa shape index (κ3) is 8.36. The molecule has 48 heavy (non-hydrogen) atoms. The average molecular weight is 670 g/mol. The molecule has 2 amide bonds. The first-order chi connectivity index (χ1) is 23.2. The van der Waals surface area contributed by atoms with E-state index >= 15 is 0 Å². The molecule has 5 rings (SSSR count). The Hall–Kier alpha value is -4.83. The highest BCUT2D eigenvalue weighted by molar-refractivity contribution is 7.92. The summed E-state index contributed by atoms with van der Waals surface area (Å²) in [6.45, 7) is 1.36. The van der Waals surface area contributed by atoms with Crippen LogP contribution in [0.2, 0.25) is 0 Å². The molecule has 1 atom stereocenters. The van der Waals surface area contributed by atoms with Gasteiger partial charge in [-0.25, -0.2) is 8.42 Å². The van der Waals surface area contributed by atoms with Crippen LogP contribution in [0.25, 0.3) is 0 Å². The molecule has 0 aliphatic heterocycles. The van der Waals surface area contributed by atoms with E-state index in [-0.39, 0.29) is 35.5 Å². The van der Waals surface area contributed by atoms with E-state index in [0.717, 1.165) is 46.7 Å². The molecule has 9 nitrogen and oxygen atoms in total. The molecular formula is C38H43N3O6S. The van der Waals surface area contributed by atoms with Crippen molar-refractivity contribution >= 4 is 27.5 Å². The largest absolute Gasteiger partial charge is 0.497 e. The number of aryl methyl sites for hydroxylation is 1. The van der Waals surface area contributed by atoms with Gasteiger partial charge in [-0.3, -0.25) is 13.9 Å². The summed E-state index contributed by atoms with van der Waals surface area (Å²) >= 11 is 0. The lowest BCUT2D eigenvalue weighted by Crippen LogP contribution is -2.54. The van der Waals surface area contributed by atoms with E-state index in [9.17, 15) is 18.0 Å². The Labute approximate surface area is 283 Å². The van der Waals surface area contributed by atoms with Crippen LogP contribution in [-0.4, -0.2) is 58.0 Å². The molecule has 0 radical (unpaired) electrons. The Morgan fingerprint density at radius 3 is 2.19 bits per heavy atom. The number of amides is 2. The fourth-order valence-electron chi connectivity index (χ4n) is 6.08. The number of anilines is 1. The van der Waals surface area contributed by atoms with Crippen LogP contribution in [0.5, 0.6) is 11.5 Å². The van der Waals surface area contributed by atoms with Crippen molar-refractivity contribution in [2.24, 2.45) is 0 Å². The van der Waals surface area contributed by atoms with Crippen molar-refractivity contribution in [1.29, 1.82) is 0 Å². The maximum atomic E-state index is 14.8. The summed E-state index contributed by atoms with van der Waals surface area (Å²) in [4.78, 5) is 30.5. The Bertz CT molecular complexity index is 1790. The topological polar surface area (TPSA) is 105 Å². The number of hydrogen-bond donors (Lipinski definition) is 1. The van der Waals surface area contributed by atoms with Crippen molar-refractivity contribution in [2.45, 2.75) is 62.6 Å². The predicted molar refractivity (Wildman–Crippen MR) is 187 cm³/mol. The third-order valence-electron chi connectivity index (χ3n) is 8.70. The first-order valence-corrected chi connectivity index (χ1v) is 17.6. The van der Waals surface area contributed by atoms with Crippen molar-refractivity contribution in [3.63, 3.8) is 0 Å². The zero-order chi connectivity index (χ0) is 34.1. The first kappa shape index (κ1) is 34.5. The number of methoxy groups -OCH3 is 2. The second-order valence-corrected chi connectivity index (χ2v) is 13.9. The highest BCUT2D eigenvalue weighted by atomic mass is 32.2. The molecule has 0 saturated heterocycles. The van der Waals surface area contributed by atoms with Crippen molar-refractivity contribution in [3.05, 3.63) is 120 Å². The summed E-state index contributed by atoms with van der Waals surface area (Å²) in [6, 6.07) is 29.1. The van der Waals surface area contributed by atoms with Crippen LogP contribution in [-0.2, 0) is 32.6 Å². The number of para-hydroxylation sites is 2. The van der Waals surface area contributed by atoms with E-state index in [4.69, 9.17) is 9.47 Å². The van der Waals surface area contributed by atoms with Gasteiger partial charge in [0.1, 0.15) is 24.1 Å². The van der Waals surface area contributed by atoms with Crippen LogP contribution >= 0.6 is 0 Å². The third-order valence-corrected chi connectivity index (χ3v) is 10.5. The van der Waals surface area contributed by atoms with E-state index in [1.165, 1.54) is 24.1 Å². The number of sulfonamides is 1. The van der Waals surface area contributed by atoms with E-state index in [1.807, 2.05) is 61.5 Å². The highest BCUT2D eigenvalue weighted by Gasteiger charge is 2.36. The normalized spacial score (nSPS) is 13.8. The molecule has 1 fully saturated rings. The minimum Gasteiger partial charge on any atom is -0.497 e. The SMILES string of the molecule is COc1cccc(CN(C(=O)CN(c2ccccc2OC)S(=O)(=O)c2ccc(C)cc2)[C@@H](Cc2ccccc2)C(=O)NC2CCCC2)c1. The molecule has 252 valence electrons. The van der Waals surface area contributed by atoms with E-state index in [2.05, 4.69) is 5.32 Å². The van der Waals surface area contributed by atoms with Crippen molar-refractivity contribution < 1.29 is 27.5 Å². The van der Waals surface area contributed by atoms with Crippen molar-refractivity contribution in [3.8, 4) is 11.5 Å². The number of benzene rings is 4. The van der Waals surface area contributed by atoms with Crippen LogP contribution in [0.3, 0.4) is 0 Å². The number of nitrogens with one attached hydrogen (secondary N) is 1. The van der Waals surface area contributed by atoms with Crippen LogP contribution in [0, 0.1) is 6.92 Å². The van der Waals surface area contributed by atoms with E-state index < -0.39 is 28.5 Å². The summed E-state index contributed by atoms with van der Waals surface area (Å²) in [5.41, 5.74) is 2.72. The number of ether oxygens (including phenoxy) is 2. The van der Waals surface area contributed by atoms with Gasteiger partial charge in [0, 0.05) is 19.0 Å². The van der Waals surface area contributed by atoms with Gasteiger partial charge in [0.15, 0.2) is 0 Å². The lowest BCUT2D eigenvalue weighted by Gasteiger charge is -2.34. The summed E-state index contributed by atoms with van der Waals surface area (Å²) in [7, 11) is -1.23. The molecule has 0 bridgehead atoms. The second kappa shape index (κ2) is 15.8. The number of rotatable bonds is 14. The van der Waals surface area contributed by atoms with Gasteiger partial charge in [-0.1, -0.05) is 85.1 Å². The number of nitrogens with zero attached hydrogens (tertiary/aromatic N) is 2. The minimum atomic E-state index is -4.25. The van der Waals surface area contributed by atoms with Crippen LogP contribution in [0.1, 0.15) is 42.4 Å². The zero-order valence-corrected chi connectivity index (χ0v) is 28.5. The standard InChI is InChI=1S/C38H43N3O6S/c1-28-20-22-33(23-21-28)48(44,45)41(34-18-9-10-19-36(34)47-3)27-37(42)40(26-30-14-11-17-32(24-30)46-2)35(25-29-12-5-4-6-13-29)38(43)39-31-15-7-8-16-31/h4-6,9-14,17-24,31,35H,7-8,15-16,25-27H2,1-3H3,(H,39,43)/t35-/m0/s1. The zero-order valence-electron chi connectivity index (χ0n) is 27.7. The minimum absolute atomic E-state index is 0.0246. The fraction of sp³-hybridized carbons (Fsp3) is 0.316. The molecule has 1 aliphatic carbocycles. The molecule has 0 aromatic heterocycles. The molecule has 0 heterocycles. The summed E-state index contributed by atoms with van der Waals surface area (Å²) in [6.07, 6.45) is 4.07. The molecular weight excluding hydrogens is 627 g/mol. The molecule has 0 spiro atoms. The van der Waals surface area contributed by atoms with Crippen LogP contribution < -0.4 is 19.1 Å². The maximum Gasteiger partial charge on any atom is 0.264 e.